The summed E-state index contributed by atoms with van der Waals surface area (Å²) in [4.78, 5) is 15.5. The molecule has 1 heterocycles. The van der Waals surface area contributed by atoms with Crippen LogP contribution in [0.15, 0.2) is 12.1 Å². The third kappa shape index (κ3) is 4.21. The van der Waals surface area contributed by atoms with Gasteiger partial charge in [-0.2, -0.15) is 0 Å². The number of anilines is 1. The lowest BCUT2D eigenvalue weighted by Gasteiger charge is -2.30. The fourth-order valence-electron chi connectivity index (χ4n) is 1.59. The molecular formula is C14H22N2O3. The van der Waals surface area contributed by atoms with Crippen LogP contribution in [0.3, 0.4) is 0 Å². The summed E-state index contributed by atoms with van der Waals surface area (Å²) in [5.41, 5.74) is 0.377. The molecule has 0 radical (unpaired) electrons. The zero-order chi connectivity index (χ0) is 14.6. The number of aliphatic hydroxyl groups is 1. The summed E-state index contributed by atoms with van der Waals surface area (Å²) < 4.78 is 0. The van der Waals surface area contributed by atoms with Gasteiger partial charge in [0.25, 0.3) is 0 Å². The molecule has 1 atom stereocenters. The molecule has 1 aromatic rings. The van der Waals surface area contributed by atoms with Crippen molar-refractivity contribution in [1.82, 2.24) is 4.98 Å². The molecule has 19 heavy (non-hydrogen) atoms. The molecule has 5 nitrogen and oxygen atoms in total. The molecule has 0 aliphatic carbocycles. The van der Waals surface area contributed by atoms with E-state index in [1.54, 1.807) is 13.0 Å². The molecule has 0 spiro atoms. The van der Waals surface area contributed by atoms with Gasteiger partial charge in [0.15, 0.2) is 0 Å². The normalized spacial score (nSPS) is 13.1. The Bertz CT molecular complexity index is 456. The zero-order valence-corrected chi connectivity index (χ0v) is 11.9. The van der Waals surface area contributed by atoms with E-state index in [0.717, 1.165) is 18.5 Å². The average molecular weight is 266 g/mol. The highest BCUT2D eigenvalue weighted by atomic mass is 16.4. The number of rotatable bonds is 6. The highest BCUT2D eigenvalue weighted by Crippen LogP contribution is 2.19. The van der Waals surface area contributed by atoms with Crippen molar-refractivity contribution in [1.29, 1.82) is 0 Å². The Kier molecular flexibility index (Phi) is 4.89. The van der Waals surface area contributed by atoms with Gasteiger partial charge in [-0.1, -0.05) is 13.3 Å². The van der Waals surface area contributed by atoms with Crippen molar-refractivity contribution >= 4 is 11.8 Å². The minimum absolute atomic E-state index is 0.211. The number of hydrogen-bond acceptors (Lipinski definition) is 4. The Morgan fingerprint density at radius 2 is 2.11 bits per heavy atom. The SMILES string of the molecule is CCCc1cc(C(=O)O)cc(NC(C)(C)C(C)O)n1. The number of carboxylic acid groups (broad SMARTS) is 1. The highest BCUT2D eigenvalue weighted by Gasteiger charge is 2.24. The predicted octanol–water partition coefficient (Wildman–Crippen LogP) is 2.30. The minimum atomic E-state index is -0.974. The maximum Gasteiger partial charge on any atom is 0.335 e. The maximum atomic E-state index is 11.1. The number of carboxylic acids is 1. The quantitative estimate of drug-likeness (QED) is 0.736. The summed E-state index contributed by atoms with van der Waals surface area (Å²) >= 11 is 0. The number of aliphatic hydroxyl groups excluding tert-OH is 1. The lowest BCUT2D eigenvalue weighted by atomic mass is 9.99. The molecule has 0 saturated heterocycles. The Morgan fingerprint density at radius 3 is 2.58 bits per heavy atom. The van der Waals surface area contributed by atoms with Crippen LogP contribution in [0.2, 0.25) is 0 Å². The van der Waals surface area contributed by atoms with Gasteiger partial charge in [0, 0.05) is 5.69 Å². The largest absolute Gasteiger partial charge is 0.478 e. The molecule has 0 bridgehead atoms. The fourth-order valence-corrected chi connectivity index (χ4v) is 1.59. The first-order chi connectivity index (χ1) is 8.76. The molecule has 3 N–H and O–H groups in total. The number of hydrogen-bond donors (Lipinski definition) is 3. The van der Waals surface area contributed by atoms with Gasteiger partial charge in [0.1, 0.15) is 5.82 Å². The molecule has 0 fully saturated rings. The number of pyridine rings is 1. The van der Waals surface area contributed by atoms with E-state index in [1.807, 2.05) is 20.8 Å². The second-order valence-electron chi connectivity index (χ2n) is 5.31. The van der Waals surface area contributed by atoms with Crippen molar-refractivity contribution in [3.05, 3.63) is 23.4 Å². The van der Waals surface area contributed by atoms with Crippen molar-refractivity contribution in [2.75, 3.05) is 5.32 Å². The van der Waals surface area contributed by atoms with Crippen molar-refractivity contribution in [3.8, 4) is 0 Å². The molecule has 1 rings (SSSR count). The first-order valence-electron chi connectivity index (χ1n) is 6.46. The molecule has 1 unspecified atom stereocenters. The summed E-state index contributed by atoms with van der Waals surface area (Å²) in [5.74, 6) is -0.494. The van der Waals surface area contributed by atoms with Gasteiger partial charge >= 0.3 is 5.97 Å². The average Bonchev–Trinajstić information content (AvgIpc) is 2.28. The number of aryl methyl sites for hydroxylation is 1. The molecule has 106 valence electrons. The van der Waals surface area contributed by atoms with E-state index >= 15 is 0 Å². The van der Waals surface area contributed by atoms with Gasteiger partial charge in [0.2, 0.25) is 0 Å². The number of nitrogens with one attached hydrogen (secondary N) is 1. The zero-order valence-electron chi connectivity index (χ0n) is 11.9. The third-order valence-corrected chi connectivity index (χ3v) is 3.13. The van der Waals surface area contributed by atoms with Crippen LogP contribution in [0, 0.1) is 0 Å². The van der Waals surface area contributed by atoms with E-state index in [2.05, 4.69) is 10.3 Å². The summed E-state index contributed by atoms with van der Waals surface area (Å²) in [6.45, 7) is 7.38. The monoisotopic (exact) mass is 266 g/mol. The molecule has 1 aromatic heterocycles. The molecule has 0 aromatic carbocycles. The fraction of sp³-hybridized carbons (Fsp3) is 0.571. The van der Waals surface area contributed by atoms with Crippen LogP contribution in [-0.4, -0.2) is 32.8 Å². The second kappa shape index (κ2) is 6.02. The van der Waals surface area contributed by atoms with Crippen LogP contribution < -0.4 is 5.32 Å². The van der Waals surface area contributed by atoms with Crippen molar-refractivity contribution in [3.63, 3.8) is 0 Å². The van der Waals surface area contributed by atoms with Crippen LogP contribution in [0.1, 0.15) is 50.2 Å². The van der Waals surface area contributed by atoms with E-state index in [-0.39, 0.29) is 5.56 Å². The molecule has 0 aliphatic rings. The van der Waals surface area contributed by atoms with E-state index < -0.39 is 17.6 Å². The number of carbonyl (C=O) groups is 1. The van der Waals surface area contributed by atoms with E-state index in [1.165, 1.54) is 6.07 Å². The topological polar surface area (TPSA) is 82.5 Å². The lowest BCUT2D eigenvalue weighted by molar-refractivity contribution is 0.0696. The van der Waals surface area contributed by atoms with E-state index in [4.69, 9.17) is 5.11 Å². The van der Waals surface area contributed by atoms with Crippen LogP contribution in [0.5, 0.6) is 0 Å². The molecule has 0 saturated carbocycles. The van der Waals surface area contributed by atoms with E-state index in [0.29, 0.717) is 5.82 Å². The van der Waals surface area contributed by atoms with Gasteiger partial charge in [0.05, 0.1) is 17.2 Å². The lowest BCUT2D eigenvalue weighted by Crippen LogP contribution is -2.42. The van der Waals surface area contributed by atoms with Gasteiger partial charge in [-0.05, 0) is 39.3 Å². The summed E-state index contributed by atoms with van der Waals surface area (Å²) in [6.07, 6.45) is 1.04. The Morgan fingerprint density at radius 1 is 1.47 bits per heavy atom. The predicted molar refractivity (Wildman–Crippen MR) is 74.6 cm³/mol. The molecule has 5 heteroatoms. The second-order valence-corrected chi connectivity index (χ2v) is 5.31. The first kappa shape index (κ1) is 15.4. The Labute approximate surface area is 113 Å². The van der Waals surface area contributed by atoms with Crippen LogP contribution in [-0.2, 0) is 6.42 Å². The highest BCUT2D eigenvalue weighted by molar-refractivity contribution is 5.88. The van der Waals surface area contributed by atoms with Gasteiger partial charge in [-0.15, -0.1) is 0 Å². The van der Waals surface area contributed by atoms with Gasteiger partial charge in [-0.25, -0.2) is 9.78 Å². The van der Waals surface area contributed by atoms with Crippen LogP contribution >= 0.6 is 0 Å². The van der Waals surface area contributed by atoms with Crippen molar-refractivity contribution in [2.45, 2.75) is 52.2 Å². The minimum Gasteiger partial charge on any atom is -0.478 e. The maximum absolute atomic E-state index is 11.1. The number of aromatic carboxylic acids is 1. The number of aromatic nitrogens is 1. The summed E-state index contributed by atoms with van der Waals surface area (Å²) in [7, 11) is 0. The first-order valence-corrected chi connectivity index (χ1v) is 6.46. The van der Waals surface area contributed by atoms with E-state index in [9.17, 15) is 9.90 Å². The summed E-state index contributed by atoms with van der Waals surface area (Å²) in [5, 5.41) is 21.9. The molecular weight excluding hydrogens is 244 g/mol. The van der Waals surface area contributed by atoms with Crippen molar-refractivity contribution < 1.29 is 15.0 Å². The van der Waals surface area contributed by atoms with Gasteiger partial charge < -0.3 is 15.5 Å². The Balaban J connectivity index is 3.09. The van der Waals surface area contributed by atoms with Crippen molar-refractivity contribution in [2.24, 2.45) is 0 Å². The van der Waals surface area contributed by atoms with Gasteiger partial charge in [-0.3, -0.25) is 0 Å². The van der Waals surface area contributed by atoms with Crippen LogP contribution in [0.4, 0.5) is 5.82 Å². The Hall–Kier alpha value is -1.62. The molecule has 0 amide bonds. The summed E-state index contributed by atoms with van der Waals surface area (Å²) in [6, 6.07) is 3.08. The smallest absolute Gasteiger partial charge is 0.335 e. The standard InChI is InChI=1S/C14H22N2O3/c1-5-6-11-7-10(13(18)19)8-12(15-11)16-14(3,4)9(2)17/h7-9,17H,5-6H2,1-4H3,(H,15,16)(H,18,19). The third-order valence-electron chi connectivity index (χ3n) is 3.13. The van der Waals surface area contributed by atoms with Crippen LogP contribution in [0.25, 0.3) is 0 Å². The number of nitrogens with zero attached hydrogens (tertiary/aromatic N) is 1. The molecule has 0 aliphatic heterocycles.